The molecule has 2 aliphatic rings. The van der Waals surface area contributed by atoms with Crippen LogP contribution in [0.5, 0.6) is 5.75 Å². The van der Waals surface area contributed by atoms with Gasteiger partial charge in [-0.1, -0.05) is 6.42 Å². The second-order valence-corrected chi connectivity index (χ2v) is 7.69. The Labute approximate surface area is 161 Å². The van der Waals surface area contributed by atoms with Gasteiger partial charge in [-0.3, -0.25) is 0 Å². The maximum atomic E-state index is 5.85. The molecule has 4 rings (SSSR count). The van der Waals surface area contributed by atoms with E-state index in [1.165, 1.54) is 45.2 Å². The summed E-state index contributed by atoms with van der Waals surface area (Å²) in [5.74, 6) is 3.34. The Balaban J connectivity index is 1.45. The highest BCUT2D eigenvalue weighted by molar-refractivity contribution is 5.56. The van der Waals surface area contributed by atoms with Crippen LogP contribution in [0, 0.1) is 5.92 Å². The molecule has 1 saturated carbocycles. The van der Waals surface area contributed by atoms with Crippen molar-refractivity contribution in [2.75, 3.05) is 33.4 Å². The maximum Gasteiger partial charge on any atom is 0.176 e. The lowest BCUT2D eigenvalue weighted by atomic mass is 10.1. The van der Waals surface area contributed by atoms with Crippen molar-refractivity contribution < 1.29 is 9.47 Å². The first-order chi connectivity index (χ1) is 13.3. The molecule has 1 saturated heterocycles. The van der Waals surface area contributed by atoms with Crippen molar-refractivity contribution >= 4 is 0 Å². The van der Waals surface area contributed by atoms with Gasteiger partial charge in [0, 0.05) is 19.2 Å². The second kappa shape index (κ2) is 8.85. The van der Waals surface area contributed by atoms with Gasteiger partial charge < -0.3 is 14.4 Å². The number of nitrogens with zero attached hydrogens (tertiary/aromatic N) is 4. The van der Waals surface area contributed by atoms with Gasteiger partial charge in [0.2, 0.25) is 0 Å². The normalized spacial score (nSPS) is 18.0. The van der Waals surface area contributed by atoms with E-state index in [0.29, 0.717) is 6.61 Å². The molecule has 0 radical (unpaired) electrons. The van der Waals surface area contributed by atoms with E-state index in [-0.39, 0.29) is 0 Å². The summed E-state index contributed by atoms with van der Waals surface area (Å²) in [6.07, 6.45) is 6.59. The van der Waals surface area contributed by atoms with Gasteiger partial charge in [-0.2, -0.15) is 5.10 Å². The van der Waals surface area contributed by atoms with Crippen molar-refractivity contribution in [1.29, 1.82) is 0 Å². The van der Waals surface area contributed by atoms with Gasteiger partial charge in [-0.15, -0.1) is 0 Å². The molecule has 2 aromatic rings. The first kappa shape index (κ1) is 18.4. The Morgan fingerprint density at radius 3 is 2.52 bits per heavy atom. The van der Waals surface area contributed by atoms with E-state index in [4.69, 9.17) is 14.5 Å². The number of piperidine rings is 1. The van der Waals surface area contributed by atoms with Gasteiger partial charge in [0.1, 0.15) is 12.4 Å². The van der Waals surface area contributed by atoms with Gasteiger partial charge >= 0.3 is 0 Å². The van der Waals surface area contributed by atoms with Crippen molar-refractivity contribution in [3.05, 3.63) is 30.1 Å². The van der Waals surface area contributed by atoms with E-state index in [9.17, 15) is 0 Å². The van der Waals surface area contributed by atoms with Crippen LogP contribution in [0.25, 0.3) is 11.4 Å². The molecule has 146 valence electrons. The highest BCUT2D eigenvalue weighted by Gasteiger charge is 2.22. The number of ether oxygens (including phenoxy) is 2. The van der Waals surface area contributed by atoms with E-state index in [1.54, 1.807) is 7.11 Å². The fourth-order valence-electron chi connectivity index (χ4n) is 3.57. The molecule has 27 heavy (non-hydrogen) atoms. The van der Waals surface area contributed by atoms with Gasteiger partial charge in [-0.05, 0) is 69.0 Å². The van der Waals surface area contributed by atoms with Gasteiger partial charge in [0.15, 0.2) is 11.6 Å². The minimum absolute atomic E-state index is 0.437. The Morgan fingerprint density at radius 2 is 1.81 bits per heavy atom. The van der Waals surface area contributed by atoms with Crippen molar-refractivity contribution in [2.24, 2.45) is 5.92 Å². The third-order valence-corrected chi connectivity index (χ3v) is 5.36. The SMILES string of the molecule is COCc1nc(-c2ccc(OCC3CC3)cc2)n(CCN2CCCCC2)n1. The predicted molar refractivity (Wildman–Crippen MR) is 105 cm³/mol. The molecule has 1 aliphatic carbocycles. The fraction of sp³-hybridized carbons (Fsp3) is 0.619. The standard InChI is InChI=1S/C21H30N4O2/c1-26-16-20-22-21(25(23-20)14-13-24-11-3-2-4-12-24)18-7-9-19(10-8-18)27-15-17-5-6-17/h7-10,17H,2-6,11-16H2,1H3. The average molecular weight is 370 g/mol. The largest absolute Gasteiger partial charge is 0.493 e. The van der Waals surface area contributed by atoms with Crippen molar-refractivity contribution in [3.8, 4) is 17.1 Å². The average Bonchev–Trinajstić information content (AvgIpc) is 3.46. The summed E-state index contributed by atoms with van der Waals surface area (Å²) in [5.41, 5.74) is 1.07. The molecular formula is C21H30N4O2. The van der Waals surface area contributed by atoms with Crippen LogP contribution < -0.4 is 4.74 Å². The number of rotatable bonds is 9. The highest BCUT2D eigenvalue weighted by Crippen LogP contribution is 2.30. The molecule has 0 spiro atoms. The van der Waals surface area contributed by atoms with Crippen LogP contribution in [-0.4, -0.2) is 53.0 Å². The first-order valence-corrected chi connectivity index (χ1v) is 10.2. The Hall–Kier alpha value is -1.92. The molecule has 0 amide bonds. The molecule has 0 atom stereocenters. The molecule has 1 aromatic carbocycles. The van der Waals surface area contributed by atoms with E-state index in [2.05, 4.69) is 22.1 Å². The van der Waals surface area contributed by atoms with E-state index in [1.807, 2.05) is 16.8 Å². The molecule has 1 aliphatic heterocycles. The van der Waals surface area contributed by atoms with Crippen LogP contribution in [-0.2, 0) is 17.9 Å². The topological polar surface area (TPSA) is 52.4 Å². The van der Waals surface area contributed by atoms with Crippen LogP contribution in [0.2, 0.25) is 0 Å². The molecule has 1 aromatic heterocycles. The summed E-state index contributed by atoms with van der Waals surface area (Å²) in [5, 5.41) is 4.67. The van der Waals surface area contributed by atoms with Crippen molar-refractivity contribution in [3.63, 3.8) is 0 Å². The van der Waals surface area contributed by atoms with E-state index in [0.717, 1.165) is 48.6 Å². The Kier molecular flexibility index (Phi) is 6.04. The summed E-state index contributed by atoms with van der Waals surface area (Å²) in [7, 11) is 1.68. The Morgan fingerprint density at radius 1 is 1.04 bits per heavy atom. The van der Waals surface area contributed by atoms with Crippen LogP contribution in [0.1, 0.15) is 37.9 Å². The molecule has 6 heteroatoms. The summed E-state index contributed by atoms with van der Waals surface area (Å²) < 4.78 is 13.1. The molecule has 6 nitrogen and oxygen atoms in total. The van der Waals surface area contributed by atoms with Crippen LogP contribution in [0.3, 0.4) is 0 Å². The molecule has 0 N–H and O–H groups in total. The van der Waals surface area contributed by atoms with E-state index >= 15 is 0 Å². The summed E-state index contributed by atoms with van der Waals surface area (Å²) in [6.45, 7) is 5.54. The molecule has 2 fully saturated rings. The first-order valence-electron chi connectivity index (χ1n) is 10.2. The number of hydrogen-bond acceptors (Lipinski definition) is 5. The lowest BCUT2D eigenvalue weighted by Gasteiger charge is -2.26. The summed E-state index contributed by atoms with van der Waals surface area (Å²) in [4.78, 5) is 7.24. The number of benzene rings is 1. The highest BCUT2D eigenvalue weighted by atomic mass is 16.5. The van der Waals surface area contributed by atoms with Gasteiger partial charge in [0.05, 0.1) is 13.2 Å². The second-order valence-electron chi connectivity index (χ2n) is 7.69. The number of methoxy groups -OCH3 is 1. The zero-order chi connectivity index (χ0) is 18.5. The fourth-order valence-corrected chi connectivity index (χ4v) is 3.57. The number of aromatic nitrogens is 3. The van der Waals surface area contributed by atoms with Gasteiger partial charge in [-0.25, -0.2) is 9.67 Å². The third-order valence-electron chi connectivity index (χ3n) is 5.36. The molecule has 2 heterocycles. The summed E-state index contributed by atoms with van der Waals surface area (Å²) >= 11 is 0. The zero-order valence-electron chi connectivity index (χ0n) is 16.3. The molecule has 0 bridgehead atoms. The molecule has 0 unspecified atom stereocenters. The lowest BCUT2D eigenvalue weighted by Crippen LogP contribution is -2.32. The smallest absolute Gasteiger partial charge is 0.176 e. The van der Waals surface area contributed by atoms with Crippen molar-refractivity contribution in [1.82, 2.24) is 19.7 Å². The molecular weight excluding hydrogens is 340 g/mol. The van der Waals surface area contributed by atoms with Crippen LogP contribution in [0.15, 0.2) is 24.3 Å². The summed E-state index contributed by atoms with van der Waals surface area (Å²) in [6, 6.07) is 8.25. The van der Waals surface area contributed by atoms with Gasteiger partial charge in [0.25, 0.3) is 0 Å². The van der Waals surface area contributed by atoms with Crippen LogP contribution in [0.4, 0.5) is 0 Å². The number of hydrogen-bond donors (Lipinski definition) is 0. The third kappa shape index (κ3) is 5.08. The predicted octanol–water partition coefficient (Wildman–Crippen LogP) is 3.37. The monoisotopic (exact) mass is 370 g/mol. The maximum absolute atomic E-state index is 5.85. The lowest BCUT2D eigenvalue weighted by molar-refractivity contribution is 0.177. The number of likely N-dealkylation sites (tertiary alicyclic amines) is 1. The Bertz CT molecular complexity index is 718. The van der Waals surface area contributed by atoms with E-state index < -0.39 is 0 Å². The van der Waals surface area contributed by atoms with Crippen molar-refractivity contribution in [2.45, 2.75) is 45.3 Å². The minimum atomic E-state index is 0.437. The van der Waals surface area contributed by atoms with Crippen LogP contribution >= 0.6 is 0 Å². The zero-order valence-corrected chi connectivity index (χ0v) is 16.3. The minimum Gasteiger partial charge on any atom is -0.493 e. The quantitative estimate of drug-likeness (QED) is 0.677.